The monoisotopic (exact) mass is 452 g/mol. The molecule has 32 heavy (non-hydrogen) atoms. The number of ketones is 1. The van der Waals surface area contributed by atoms with Crippen molar-refractivity contribution in [3.8, 4) is 11.5 Å². The van der Waals surface area contributed by atoms with Gasteiger partial charge < -0.3 is 18.6 Å². The van der Waals surface area contributed by atoms with Crippen molar-refractivity contribution in [2.75, 3.05) is 12.4 Å². The summed E-state index contributed by atoms with van der Waals surface area (Å²) in [7, 11) is 0. The zero-order valence-electron chi connectivity index (χ0n) is 18.5. The number of Topliss-reactive ketones (excluding diaryl/α,β-unsaturated/α-hetero) is 1. The van der Waals surface area contributed by atoms with Crippen LogP contribution in [0.15, 0.2) is 35.5 Å². The average Bonchev–Trinajstić information content (AvgIpc) is 3.21. The van der Waals surface area contributed by atoms with Crippen LogP contribution in [0.2, 0.25) is 0 Å². The van der Waals surface area contributed by atoms with Gasteiger partial charge in [-0.3, -0.25) is 4.79 Å². The highest BCUT2D eigenvalue weighted by Gasteiger charge is 2.24. The lowest BCUT2D eigenvalue weighted by Crippen LogP contribution is -2.33. The van der Waals surface area contributed by atoms with E-state index < -0.39 is 0 Å². The van der Waals surface area contributed by atoms with E-state index in [1.54, 1.807) is 0 Å². The number of rotatable bonds is 6. The summed E-state index contributed by atoms with van der Waals surface area (Å²) in [6.45, 7) is 6.12. The van der Waals surface area contributed by atoms with Gasteiger partial charge in [-0.05, 0) is 44.9 Å². The maximum Gasteiger partial charge on any atom is 0.191 e. The minimum absolute atomic E-state index is 0.0986. The third-order valence-corrected chi connectivity index (χ3v) is 7.20. The van der Waals surface area contributed by atoms with Gasteiger partial charge in [0.15, 0.2) is 28.5 Å². The summed E-state index contributed by atoms with van der Waals surface area (Å²) in [6.07, 6.45) is 4.40. The van der Waals surface area contributed by atoms with Crippen molar-refractivity contribution in [3.63, 3.8) is 0 Å². The third kappa shape index (κ3) is 4.16. The molecular formula is C24H28N4O3S. The second-order valence-electron chi connectivity index (χ2n) is 8.47. The van der Waals surface area contributed by atoms with E-state index in [4.69, 9.17) is 9.47 Å². The Morgan fingerprint density at radius 1 is 1.16 bits per heavy atom. The topological polar surface area (TPSA) is 71.2 Å². The molecule has 8 heteroatoms. The van der Waals surface area contributed by atoms with Crippen LogP contribution in [0.3, 0.4) is 0 Å². The Labute approximate surface area is 192 Å². The molecular weight excluding hydrogens is 424 g/mol. The molecule has 0 amide bonds. The summed E-state index contributed by atoms with van der Waals surface area (Å²) in [6, 6.07) is 9.71. The second kappa shape index (κ2) is 9.02. The first-order valence-corrected chi connectivity index (χ1v) is 12.2. The summed E-state index contributed by atoms with van der Waals surface area (Å²) < 4.78 is 16.3. The summed E-state index contributed by atoms with van der Waals surface area (Å²) in [5, 5.41) is 9.53. The van der Waals surface area contributed by atoms with E-state index in [1.807, 2.05) is 44.2 Å². The van der Waals surface area contributed by atoms with Gasteiger partial charge in [-0.15, -0.1) is 10.2 Å². The molecule has 0 N–H and O–H groups in total. The standard InChI is InChI=1S/C24H28N4O3S/c1-16-12-19(20(29)15-32-24-26-25-23-10-4-3-7-11-27(23)24)17(2)28(16)13-18-14-30-21-8-5-6-9-22(21)31-18/h5-6,8-9,12,18H,3-4,7,10-11,13-15H2,1-2H3/t18-/m1/s1. The van der Waals surface area contributed by atoms with Crippen molar-refractivity contribution in [3.05, 3.63) is 53.1 Å². The van der Waals surface area contributed by atoms with Crippen LogP contribution in [0.4, 0.5) is 0 Å². The van der Waals surface area contributed by atoms with Gasteiger partial charge in [0.05, 0.1) is 12.3 Å². The number of benzene rings is 1. The Hall–Kier alpha value is -2.74. The normalized spacial score (nSPS) is 17.6. The lowest BCUT2D eigenvalue weighted by molar-refractivity contribution is 0.0777. The van der Waals surface area contributed by atoms with Crippen LogP contribution in [-0.4, -0.2) is 43.6 Å². The first-order chi connectivity index (χ1) is 15.6. The van der Waals surface area contributed by atoms with Gasteiger partial charge in [0.25, 0.3) is 0 Å². The number of aryl methyl sites for hydroxylation is 2. The first-order valence-electron chi connectivity index (χ1n) is 11.2. The minimum atomic E-state index is -0.0986. The summed E-state index contributed by atoms with van der Waals surface area (Å²) in [4.78, 5) is 13.1. The van der Waals surface area contributed by atoms with E-state index >= 15 is 0 Å². The largest absolute Gasteiger partial charge is 0.486 e. The van der Waals surface area contributed by atoms with E-state index in [2.05, 4.69) is 19.3 Å². The fraction of sp³-hybridized carbons (Fsp3) is 0.458. The summed E-state index contributed by atoms with van der Waals surface area (Å²) in [5.74, 6) is 3.08. The number of hydrogen-bond donors (Lipinski definition) is 0. The van der Waals surface area contributed by atoms with Gasteiger partial charge in [-0.1, -0.05) is 30.3 Å². The Morgan fingerprint density at radius 3 is 2.88 bits per heavy atom. The highest BCUT2D eigenvalue weighted by molar-refractivity contribution is 7.99. The molecule has 2 aliphatic rings. The van der Waals surface area contributed by atoms with Crippen molar-refractivity contribution in [2.45, 2.75) is 63.9 Å². The van der Waals surface area contributed by atoms with Crippen molar-refractivity contribution in [2.24, 2.45) is 0 Å². The van der Waals surface area contributed by atoms with Crippen LogP contribution in [0.5, 0.6) is 11.5 Å². The highest BCUT2D eigenvalue weighted by atomic mass is 32.2. The molecule has 7 nitrogen and oxygen atoms in total. The van der Waals surface area contributed by atoms with Crippen LogP contribution in [0.1, 0.15) is 46.8 Å². The molecule has 2 aliphatic heterocycles. The van der Waals surface area contributed by atoms with Crippen LogP contribution in [0, 0.1) is 13.8 Å². The fourth-order valence-electron chi connectivity index (χ4n) is 4.49. The van der Waals surface area contributed by atoms with Gasteiger partial charge in [0, 0.05) is 29.9 Å². The molecule has 0 saturated heterocycles. The van der Waals surface area contributed by atoms with Crippen LogP contribution < -0.4 is 9.47 Å². The van der Waals surface area contributed by atoms with Gasteiger partial charge in [-0.2, -0.15) is 0 Å². The van der Waals surface area contributed by atoms with Crippen molar-refractivity contribution >= 4 is 17.5 Å². The number of thioether (sulfide) groups is 1. The van der Waals surface area contributed by atoms with Gasteiger partial charge in [-0.25, -0.2) is 0 Å². The molecule has 0 spiro atoms. The van der Waals surface area contributed by atoms with Crippen LogP contribution >= 0.6 is 11.8 Å². The molecule has 0 aliphatic carbocycles. The van der Waals surface area contributed by atoms with Gasteiger partial charge in [0.2, 0.25) is 0 Å². The minimum Gasteiger partial charge on any atom is -0.486 e. The maximum absolute atomic E-state index is 13.1. The number of carbonyl (C=O) groups is 1. The number of nitrogens with zero attached hydrogens (tertiary/aromatic N) is 4. The molecule has 0 bridgehead atoms. The molecule has 0 fully saturated rings. The zero-order valence-corrected chi connectivity index (χ0v) is 19.4. The first kappa shape index (κ1) is 21.1. The molecule has 0 radical (unpaired) electrons. The van der Waals surface area contributed by atoms with Gasteiger partial charge in [0.1, 0.15) is 12.4 Å². The molecule has 4 heterocycles. The van der Waals surface area contributed by atoms with Gasteiger partial charge >= 0.3 is 0 Å². The molecule has 2 aromatic heterocycles. The summed E-state index contributed by atoms with van der Waals surface area (Å²) in [5.41, 5.74) is 2.79. The smallest absolute Gasteiger partial charge is 0.191 e. The zero-order chi connectivity index (χ0) is 22.1. The van der Waals surface area contributed by atoms with E-state index in [0.717, 1.165) is 65.2 Å². The third-order valence-electron chi connectivity index (χ3n) is 6.24. The number of hydrogen-bond acceptors (Lipinski definition) is 6. The molecule has 1 aromatic carbocycles. The number of para-hydroxylation sites is 2. The SMILES string of the molecule is Cc1cc(C(=O)CSc2nnc3n2CCCCC3)c(C)n1C[C@@H]1COc2ccccc2O1. The van der Waals surface area contributed by atoms with Crippen molar-refractivity contribution in [1.82, 2.24) is 19.3 Å². The van der Waals surface area contributed by atoms with Crippen molar-refractivity contribution in [1.29, 1.82) is 0 Å². The molecule has 168 valence electrons. The Kier molecular flexibility index (Phi) is 5.95. The maximum atomic E-state index is 13.1. The fourth-order valence-corrected chi connectivity index (χ4v) is 5.36. The molecule has 3 aromatic rings. The Bertz CT molecular complexity index is 1140. The van der Waals surface area contributed by atoms with Crippen molar-refractivity contribution < 1.29 is 14.3 Å². The number of aromatic nitrogens is 4. The number of fused-ring (bicyclic) bond motifs is 2. The molecule has 0 saturated carbocycles. The summed E-state index contributed by atoms with van der Waals surface area (Å²) >= 11 is 1.49. The molecule has 1 atom stereocenters. The van der Waals surface area contributed by atoms with E-state index in [0.29, 0.717) is 18.9 Å². The molecule has 5 rings (SSSR count). The lowest BCUT2D eigenvalue weighted by atomic mass is 10.2. The Balaban J connectivity index is 1.26. The molecule has 0 unspecified atom stereocenters. The predicted octanol–water partition coefficient (Wildman–Crippen LogP) is 4.24. The van der Waals surface area contributed by atoms with E-state index in [-0.39, 0.29) is 11.9 Å². The Morgan fingerprint density at radius 2 is 2.00 bits per heavy atom. The quantitative estimate of drug-likeness (QED) is 0.412. The van der Waals surface area contributed by atoms with Crippen LogP contribution in [-0.2, 0) is 19.5 Å². The second-order valence-corrected chi connectivity index (χ2v) is 9.41. The number of ether oxygens (including phenoxy) is 2. The van der Waals surface area contributed by atoms with Crippen LogP contribution in [0.25, 0.3) is 0 Å². The lowest BCUT2D eigenvalue weighted by Gasteiger charge is -2.27. The highest BCUT2D eigenvalue weighted by Crippen LogP contribution is 2.32. The number of carbonyl (C=O) groups excluding carboxylic acids is 1. The van der Waals surface area contributed by atoms with E-state index in [1.165, 1.54) is 18.2 Å². The average molecular weight is 453 g/mol. The predicted molar refractivity (Wildman–Crippen MR) is 123 cm³/mol. The van der Waals surface area contributed by atoms with E-state index in [9.17, 15) is 4.79 Å².